The molecule has 0 heterocycles. The van der Waals surface area contributed by atoms with Gasteiger partial charge in [0.2, 0.25) is 0 Å². The summed E-state index contributed by atoms with van der Waals surface area (Å²) in [5.74, 6) is -0.731. The summed E-state index contributed by atoms with van der Waals surface area (Å²) in [5, 5.41) is 0. The van der Waals surface area contributed by atoms with Gasteiger partial charge >= 0.3 is 5.97 Å². The molecule has 0 aliphatic rings. The number of ether oxygens (including phenoxy) is 1. The maximum atomic E-state index is 12.7. The van der Waals surface area contributed by atoms with Crippen molar-refractivity contribution in [1.29, 1.82) is 0 Å². The van der Waals surface area contributed by atoms with Gasteiger partial charge in [0.05, 0.1) is 12.2 Å². The molecule has 0 N–H and O–H groups in total. The standard InChI is InChI=1S/C13H13FO2/c1-3-11(13(15)16-4-2)9-10-5-7-12(14)8-6-10/h5-8H,1,4,9H2,2H3. The summed E-state index contributed by atoms with van der Waals surface area (Å²) in [6, 6.07) is 5.93. The van der Waals surface area contributed by atoms with E-state index in [0.29, 0.717) is 18.6 Å². The van der Waals surface area contributed by atoms with Gasteiger partial charge in [0, 0.05) is 6.42 Å². The molecule has 0 radical (unpaired) electrons. The number of hydrogen-bond acceptors (Lipinski definition) is 2. The van der Waals surface area contributed by atoms with Gasteiger partial charge in [0.15, 0.2) is 0 Å². The smallest absolute Gasteiger partial charge is 0.342 e. The second-order valence-corrected chi connectivity index (χ2v) is 3.18. The first kappa shape index (κ1) is 12.2. The van der Waals surface area contributed by atoms with E-state index in [1.807, 2.05) is 0 Å². The van der Waals surface area contributed by atoms with Crippen molar-refractivity contribution in [3.05, 3.63) is 53.5 Å². The Bertz CT molecular complexity index is 414. The number of esters is 1. The summed E-state index contributed by atoms with van der Waals surface area (Å²) >= 11 is 0. The Balaban J connectivity index is 2.75. The van der Waals surface area contributed by atoms with Crippen LogP contribution < -0.4 is 0 Å². The fraction of sp³-hybridized carbons (Fsp3) is 0.231. The van der Waals surface area contributed by atoms with Crippen molar-refractivity contribution in [2.75, 3.05) is 6.61 Å². The van der Waals surface area contributed by atoms with Crippen molar-refractivity contribution in [3.8, 4) is 0 Å². The van der Waals surface area contributed by atoms with E-state index in [2.05, 4.69) is 12.3 Å². The molecule has 0 aromatic heterocycles. The van der Waals surface area contributed by atoms with Crippen molar-refractivity contribution in [3.63, 3.8) is 0 Å². The molecule has 16 heavy (non-hydrogen) atoms. The first-order valence-electron chi connectivity index (χ1n) is 4.98. The summed E-state index contributed by atoms with van der Waals surface area (Å²) in [6.07, 6.45) is 0.350. The van der Waals surface area contributed by atoms with Gasteiger partial charge < -0.3 is 4.74 Å². The van der Waals surface area contributed by atoms with Crippen molar-refractivity contribution < 1.29 is 13.9 Å². The monoisotopic (exact) mass is 220 g/mol. The van der Waals surface area contributed by atoms with E-state index < -0.39 is 5.97 Å². The van der Waals surface area contributed by atoms with Crippen LogP contribution in [0.5, 0.6) is 0 Å². The Morgan fingerprint density at radius 2 is 2.06 bits per heavy atom. The number of carbonyl (C=O) groups is 1. The maximum Gasteiger partial charge on any atom is 0.342 e. The Morgan fingerprint density at radius 1 is 1.44 bits per heavy atom. The minimum Gasteiger partial charge on any atom is -0.462 e. The highest BCUT2D eigenvalue weighted by molar-refractivity contribution is 5.88. The Hall–Kier alpha value is -1.86. The van der Waals surface area contributed by atoms with Gasteiger partial charge in [-0.1, -0.05) is 18.7 Å². The molecule has 0 spiro atoms. The van der Waals surface area contributed by atoms with E-state index >= 15 is 0 Å². The fourth-order valence-electron chi connectivity index (χ4n) is 1.23. The lowest BCUT2D eigenvalue weighted by Crippen LogP contribution is -2.09. The fourth-order valence-corrected chi connectivity index (χ4v) is 1.23. The molecular formula is C13H13FO2. The molecule has 0 aliphatic carbocycles. The molecule has 0 fully saturated rings. The highest BCUT2D eigenvalue weighted by Gasteiger charge is 2.10. The van der Waals surface area contributed by atoms with E-state index in [0.717, 1.165) is 5.56 Å². The highest BCUT2D eigenvalue weighted by Crippen LogP contribution is 2.09. The first-order chi connectivity index (χ1) is 7.67. The average molecular weight is 220 g/mol. The number of carbonyl (C=O) groups excluding carboxylic acids is 1. The van der Waals surface area contributed by atoms with E-state index in [1.165, 1.54) is 12.1 Å². The predicted octanol–water partition coefficient (Wildman–Crippen LogP) is 2.64. The lowest BCUT2D eigenvalue weighted by molar-refractivity contribution is -0.138. The van der Waals surface area contributed by atoms with Crippen molar-refractivity contribution in [1.82, 2.24) is 0 Å². The average Bonchev–Trinajstić information content (AvgIpc) is 2.28. The number of rotatable bonds is 4. The zero-order chi connectivity index (χ0) is 12.0. The van der Waals surface area contributed by atoms with E-state index in [1.54, 1.807) is 19.1 Å². The second-order valence-electron chi connectivity index (χ2n) is 3.18. The molecule has 0 amide bonds. The molecule has 0 unspecified atom stereocenters. The topological polar surface area (TPSA) is 26.3 Å². The molecule has 3 heteroatoms. The quantitative estimate of drug-likeness (QED) is 0.443. The van der Waals surface area contributed by atoms with Crippen LogP contribution in [-0.4, -0.2) is 12.6 Å². The Kier molecular flexibility index (Phi) is 4.49. The number of halogens is 1. The second kappa shape index (κ2) is 5.89. The van der Waals surface area contributed by atoms with Gasteiger partial charge in [-0.15, -0.1) is 5.73 Å². The lowest BCUT2D eigenvalue weighted by Gasteiger charge is -2.04. The predicted molar refractivity (Wildman–Crippen MR) is 59.4 cm³/mol. The summed E-state index contributed by atoms with van der Waals surface area (Å²) < 4.78 is 17.5. The molecule has 84 valence electrons. The largest absolute Gasteiger partial charge is 0.462 e. The normalized spacial score (nSPS) is 9.38. The number of hydrogen-bond donors (Lipinski definition) is 0. The summed E-state index contributed by atoms with van der Waals surface area (Å²) in [6.45, 7) is 5.49. The highest BCUT2D eigenvalue weighted by atomic mass is 19.1. The van der Waals surface area contributed by atoms with Crippen LogP contribution in [0.15, 0.2) is 42.1 Å². The van der Waals surface area contributed by atoms with Crippen LogP contribution in [-0.2, 0) is 16.0 Å². The van der Waals surface area contributed by atoms with Crippen LogP contribution in [0.3, 0.4) is 0 Å². The van der Waals surface area contributed by atoms with E-state index in [-0.39, 0.29) is 5.82 Å². The molecule has 1 rings (SSSR count). The minimum atomic E-state index is -0.429. The SMILES string of the molecule is C=C=C(Cc1ccc(F)cc1)C(=O)OCC. The van der Waals surface area contributed by atoms with Gasteiger partial charge in [0.25, 0.3) is 0 Å². The van der Waals surface area contributed by atoms with Gasteiger partial charge in [-0.3, -0.25) is 0 Å². The molecule has 1 aromatic carbocycles. The Morgan fingerprint density at radius 3 is 2.56 bits per heavy atom. The third kappa shape index (κ3) is 3.37. The van der Waals surface area contributed by atoms with Crippen LogP contribution in [0.25, 0.3) is 0 Å². The molecule has 0 bridgehead atoms. The third-order valence-corrected chi connectivity index (χ3v) is 2.03. The zero-order valence-electron chi connectivity index (χ0n) is 9.13. The molecule has 1 aromatic rings. The van der Waals surface area contributed by atoms with Crippen LogP contribution in [0.4, 0.5) is 4.39 Å². The van der Waals surface area contributed by atoms with Gasteiger partial charge in [-0.05, 0) is 24.6 Å². The molecule has 0 saturated carbocycles. The third-order valence-electron chi connectivity index (χ3n) is 2.03. The summed E-state index contributed by atoms with van der Waals surface area (Å²) in [7, 11) is 0. The van der Waals surface area contributed by atoms with Gasteiger partial charge in [-0.2, -0.15) is 0 Å². The first-order valence-corrected chi connectivity index (χ1v) is 4.98. The van der Waals surface area contributed by atoms with Crippen molar-refractivity contribution in [2.24, 2.45) is 0 Å². The molecule has 0 atom stereocenters. The van der Waals surface area contributed by atoms with Crippen LogP contribution in [0, 0.1) is 5.82 Å². The molecular weight excluding hydrogens is 207 g/mol. The summed E-state index contributed by atoms with van der Waals surface area (Å²) in [4.78, 5) is 11.4. The minimum absolute atomic E-state index is 0.302. The molecule has 0 aliphatic heterocycles. The van der Waals surface area contributed by atoms with Crippen LogP contribution in [0.2, 0.25) is 0 Å². The van der Waals surface area contributed by atoms with Crippen LogP contribution >= 0.6 is 0 Å². The maximum absolute atomic E-state index is 12.7. The van der Waals surface area contributed by atoms with E-state index in [4.69, 9.17) is 4.74 Å². The van der Waals surface area contributed by atoms with Crippen molar-refractivity contribution in [2.45, 2.75) is 13.3 Å². The summed E-state index contributed by atoms with van der Waals surface area (Å²) in [5.41, 5.74) is 3.72. The van der Waals surface area contributed by atoms with Crippen molar-refractivity contribution >= 4 is 5.97 Å². The van der Waals surface area contributed by atoms with E-state index in [9.17, 15) is 9.18 Å². The van der Waals surface area contributed by atoms with Gasteiger partial charge in [0.1, 0.15) is 5.82 Å². The Labute approximate surface area is 94.0 Å². The number of benzene rings is 1. The van der Waals surface area contributed by atoms with Gasteiger partial charge in [-0.25, -0.2) is 9.18 Å². The molecule has 2 nitrogen and oxygen atoms in total. The molecule has 0 saturated heterocycles. The lowest BCUT2D eigenvalue weighted by atomic mass is 10.1. The zero-order valence-corrected chi connectivity index (χ0v) is 9.13. The van der Waals surface area contributed by atoms with Crippen LogP contribution in [0.1, 0.15) is 12.5 Å².